The molecule has 3 rings (SSSR count). The van der Waals surface area contributed by atoms with Crippen LogP contribution in [0.2, 0.25) is 0 Å². The number of ketones is 2. The number of carboxylic acid groups (broad SMARTS) is 1. The lowest BCUT2D eigenvalue weighted by molar-refractivity contribution is -0.137. The number of benzene rings is 2. The van der Waals surface area contributed by atoms with Crippen molar-refractivity contribution in [2.75, 3.05) is 0 Å². The van der Waals surface area contributed by atoms with E-state index in [2.05, 4.69) is 0 Å². The zero-order chi connectivity index (χ0) is 18.2. The zero-order valence-corrected chi connectivity index (χ0v) is 14.3. The lowest BCUT2D eigenvalue weighted by atomic mass is 9.76. The van der Waals surface area contributed by atoms with Crippen molar-refractivity contribution >= 4 is 17.5 Å². The Morgan fingerprint density at radius 3 is 2.08 bits per heavy atom. The fourth-order valence-electron chi connectivity index (χ4n) is 3.35. The third kappa shape index (κ3) is 3.12. The molecule has 128 valence electrons. The van der Waals surface area contributed by atoms with Crippen molar-refractivity contribution in [3.63, 3.8) is 0 Å². The highest BCUT2D eigenvalue weighted by atomic mass is 16.4. The number of carboxylic acids is 1. The maximum absolute atomic E-state index is 12.8. The Bertz CT molecular complexity index is 877. The third-order valence-electron chi connectivity index (χ3n) is 4.90. The van der Waals surface area contributed by atoms with Crippen LogP contribution in [0, 0.1) is 0 Å². The number of hydrogen-bond donors (Lipinski definition) is 1. The Labute approximate surface area is 146 Å². The van der Waals surface area contributed by atoms with Crippen LogP contribution >= 0.6 is 0 Å². The lowest BCUT2D eigenvalue weighted by Crippen LogP contribution is -2.23. The predicted molar refractivity (Wildman–Crippen MR) is 94.3 cm³/mol. The number of fused-ring (bicyclic) bond motifs is 2. The maximum atomic E-state index is 12.8. The van der Waals surface area contributed by atoms with Gasteiger partial charge in [-0.2, -0.15) is 0 Å². The van der Waals surface area contributed by atoms with Gasteiger partial charge in [0.15, 0.2) is 11.6 Å². The molecule has 0 amide bonds. The van der Waals surface area contributed by atoms with Gasteiger partial charge >= 0.3 is 5.97 Å². The average molecular weight is 336 g/mol. The van der Waals surface area contributed by atoms with E-state index in [1.165, 1.54) is 0 Å². The molecule has 4 nitrogen and oxygen atoms in total. The summed E-state index contributed by atoms with van der Waals surface area (Å²) in [5.41, 5.74) is 2.44. The van der Waals surface area contributed by atoms with Crippen molar-refractivity contribution in [1.29, 1.82) is 0 Å². The SMILES string of the molecule is CC(C)(CCCC(=O)O)c1ccc2c(c1)C(=O)c1ccccc1C2=O. The molecule has 0 aromatic heterocycles. The van der Waals surface area contributed by atoms with E-state index >= 15 is 0 Å². The fraction of sp³-hybridized carbons (Fsp3) is 0.286. The van der Waals surface area contributed by atoms with Crippen molar-refractivity contribution in [3.8, 4) is 0 Å². The molecule has 1 aliphatic carbocycles. The summed E-state index contributed by atoms with van der Waals surface area (Å²) in [5.74, 6) is -1.06. The van der Waals surface area contributed by atoms with Gasteiger partial charge in [-0.15, -0.1) is 0 Å². The first-order chi connectivity index (χ1) is 11.8. The lowest BCUT2D eigenvalue weighted by Gasteiger charge is -2.27. The summed E-state index contributed by atoms with van der Waals surface area (Å²) in [4.78, 5) is 36.2. The number of hydrogen-bond acceptors (Lipinski definition) is 3. The molecule has 0 bridgehead atoms. The molecule has 0 saturated heterocycles. The smallest absolute Gasteiger partial charge is 0.303 e. The molecule has 4 heteroatoms. The molecule has 0 aliphatic heterocycles. The van der Waals surface area contributed by atoms with Crippen molar-refractivity contribution in [2.24, 2.45) is 0 Å². The zero-order valence-electron chi connectivity index (χ0n) is 14.3. The number of carbonyl (C=O) groups is 3. The van der Waals surface area contributed by atoms with Crippen LogP contribution in [0.1, 0.15) is 70.5 Å². The summed E-state index contributed by atoms with van der Waals surface area (Å²) in [6.45, 7) is 4.05. The normalized spacial score (nSPS) is 13.4. The van der Waals surface area contributed by atoms with Gasteiger partial charge in [-0.3, -0.25) is 14.4 Å². The standard InChI is InChI=1S/C21H20O4/c1-21(2,11-5-8-18(22)23)13-9-10-16-17(12-13)20(25)15-7-4-3-6-14(15)19(16)24/h3-4,6-7,9-10,12H,5,8,11H2,1-2H3,(H,22,23). The maximum Gasteiger partial charge on any atom is 0.303 e. The summed E-state index contributed by atoms with van der Waals surface area (Å²) >= 11 is 0. The van der Waals surface area contributed by atoms with Crippen LogP contribution in [0.4, 0.5) is 0 Å². The minimum absolute atomic E-state index is 0.124. The summed E-state index contributed by atoms with van der Waals surface area (Å²) in [5, 5.41) is 8.81. The van der Waals surface area contributed by atoms with Gasteiger partial charge in [0.2, 0.25) is 0 Å². The van der Waals surface area contributed by atoms with Gasteiger partial charge in [0.25, 0.3) is 0 Å². The molecule has 0 radical (unpaired) electrons. The first-order valence-corrected chi connectivity index (χ1v) is 8.36. The summed E-state index contributed by atoms with van der Waals surface area (Å²) in [7, 11) is 0. The van der Waals surface area contributed by atoms with E-state index in [0.717, 1.165) is 5.56 Å². The van der Waals surface area contributed by atoms with Crippen LogP contribution in [0.25, 0.3) is 0 Å². The van der Waals surface area contributed by atoms with E-state index in [1.54, 1.807) is 36.4 Å². The fourth-order valence-corrected chi connectivity index (χ4v) is 3.35. The van der Waals surface area contributed by atoms with Gasteiger partial charge < -0.3 is 5.11 Å². The van der Waals surface area contributed by atoms with Crippen LogP contribution in [0.15, 0.2) is 42.5 Å². The molecular formula is C21H20O4. The molecule has 2 aromatic carbocycles. The van der Waals surface area contributed by atoms with E-state index in [1.807, 2.05) is 19.9 Å². The first-order valence-electron chi connectivity index (χ1n) is 8.36. The quantitative estimate of drug-likeness (QED) is 0.764. The summed E-state index contributed by atoms with van der Waals surface area (Å²) in [6, 6.07) is 12.3. The van der Waals surface area contributed by atoms with Gasteiger partial charge in [-0.1, -0.05) is 44.2 Å². The minimum atomic E-state index is -0.807. The summed E-state index contributed by atoms with van der Waals surface area (Å²) in [6.07, 6.45) is 1.38. The second-order valence-corrected chi connectivity index (χ2v) is 7.10. The molecule has 1 aliphatic rings. The van der Waals surface area contributed by atoms with Crippen LogP contribution in [-0.4, -0.2) is 22.6 Å². The monoisotopic (exact) mass is 336 g/mol. The topological polar surface area (TPSA) is 71.4 Å². The summed E-state index contributed by atoms with van der Waals surface area (Å²) < 4.78 is 0. The second-order valence-electron chi connectivity index (χ2n) is 7.10. The molecule has 0 saturated carbocycles. The van der Waals surface area contributed by atoms with Gasteiger partial charge in [-0.25, -0.2) is 0 Å². The Morgan fingerprint density at radius 1 is 0.920 bits per heavy atom. The number of aliphatic carboxylic acids is 1. The minimum Gasteiger partial charge on any atom is -0.481 e. The van der Waals surface area contributed by atoms with E-state index < -0.39 is 5.97 Å². The van der Waals surface area contributed by atoms with Gasteiger partial charge in [0, 0.05) is 28.7 Å². The van der Waals surface area contributed by atoms with Crippen molar-refractivity contribution in [2.45, 2.75) is 38.5 Å². The van der Waals surface area contributed by atoms with Crippen LogP contribution < -0.4 is 0 Å². The van der Waals surface area contributed by atoms with Gasteiger partial charge in [-0.05, 0) is 36.0 Å². The molecule has 0 heterocycles. The number of carbonyl (C=O) groups excluding carboxylic acids is 2. The van der Waals surface area contributed by atoms with Gasteiger partial charge in [0.05, 0.1) is 0 Å². The van der Waals surface area contributed by atoms with E-state index in [9.17, 15) is 14.4 Å². The Hall–Kier alpha value is -2.75. The molecule has 1 N–H and O–H groups in total. The van der Waals surface area contributed by atoms with Crippen LogP contribution in [0.5, 0.6) is 0 Å². The highest BCUT2D eigenvalue weighted by Crippen LogP contribution is 2.34. The average Bonchev–Trinajstić information content (AvgIpc) is 2.58. The third-order valence-corrected chi connectivity index (χ3v) is 4.90. The van der Waals surface area contributed by atoms with Crippen LogP contribution in [-0.2, 0) is 10.2 Å². The molecule has 2 aromatic rings. The molecule has 0 fully saturated rings. The Balaban J connectivity index is 1.96. The van der Waals surface area contributed by atoms with Crippen molar-refractivity contribution in [1.82, 2.24) is 0 Å². The Morgan fingerprint density at radius 2 is 1.48 bits per heavy atom. The van der Waals surface area contributed by atoms with E-state index in [0.29, 0.717) is 35.1 Å². The van der Waals surface area contributed by atoms with E-state index in [4.69, 9.17) is 5.11 Å². The Kier molecular flexibility index (Phi) is 4.29. The van der Waals surface area contributed by atoms with Crippen molar-refractivity contribution in [3.05, 3.63) is 70.3 Å². The number of rotatable bonds is 5. The van der Waals surface area contributed by atoms with Crippen LogP contribution in [0.3, 0.4) is 0 Å². The highest BCUT2D eigenvalue weighted by molar-refractivity contribution is 6.28. The second kappa shape index (κ2) is 6.28. The van der Waals surface area contributed by atoms with E-state index in [-0.39, 0.29) is 23.4 Å². The molecular weight excluding hydrogens is 316 g/mol. The predicted octanol–water partition coefficient (Wildman–Crippen LogP) is 3.99. The molecule has 25 heavy (non-hydrogen) atoms. The molecule has 0 spiro atoms. The van der Waals surface area contributed by atoms with Gasteiger partial charge in [0.1, 0.15) is 0 Å². The van der Waals surface area contributed by atoms with Crippen molar-refractivity contribution < 1.29 is 19.5 Å². The highest BCUT2D eigenvalue weighted by Gasteiger charge is 2.31. The first kappa shape index (κ1) is 17.1. The molecule has 0 unspecified atom stereocenters. The molecule has 0 atom stereocenters. The largest absolute Gasteiger partial charge is 0.481 e.